The lowest BCUT2D eigenvalue weighted by atomic mass is 9.90. The topological polar surface area (TPSA) is 86.6 Å². The van der Waals surface area contributed by atoms with E-state index in [1.807, 2.05) is 0 Å². The SMILES string of the molecule is [C-]#[N+]c1cn2c(n1)C(N)=NC(C)(c1cc(N)ccc1F)C2. The van der Waals surface area contributed by atoms with E-state index in [2.05, 4.69) is 14.8 Å². The predicted octanol–water partition coefficient (Wildman–Crippen LogP) is 1.79. The molecule has 21 heavy (non-hydrogen) atoms. The van der Waals surface area contributed by atoms with Gasteiger partial charge >= 0.3 is 0 Å². The number of halogens is 1. The summed E-state index contributed by atoms with van der Waals surface area (Å²) in [6.45, 7) is 9.12. The minimum Gasteiger partial charge on any atom is -0.399 e. The monoisotopic (exact) mass is 284 g/mol. The Balaban J connectivity index is 2.14. The first kappa shape index (κ1) is 13.1. The fourth-order valence-corrected chi connectivity index (χ4v) is 2.56. The molecule has 0 saturated heterocycles. The highest BCUT2D eigenvalue weighted by Gasteiger charge is 2.36. The average molecular weight is 284 g/mol. The Kier molecular flexibility index (Phi) is 2.69. The maximum atomic E-state index is 14.1. The van der Waals surface area contributed by atoms with Gasteiger partial charge in [-0.2, -0.15) is 0 Å². The summed E-state index contributed by atoms with van der Waals surface area (Å²) < 4.78 is 15.9. The zero-order valence-electron chi connectivity index (χ0n) is 11.3. The van der Waals surface area contributed by atoms with E-state index in [4.69, 9.17) is 18.0 Å². The second kappa shape index (κ2) is 4.31. The van der Waals surface area contributed by atoms with Crippen molar-refractivity contribution in [3.8, 4) is 0 Å². The van der Waals surface area contributed by atoms with Crippen molar-refractivity contribution in [1.82, 2.24) is 9.55 Å². The van der Waals surface area contributed by atoms with Crippen molar-refractivity contribution in [2.75, 3.05) is 5.73 Å². The van der Waals surface area contributed by atoms with Gasteiger partial charge in [0.05, 0.1) is 6.54 Å². The van der Waals surface area contributed by atoms with Crippen LogP contribution in [0.1, 0.15) is 18.3 Å². The second-order valence-electron chi connectivity index (χ2n) is 5.17. The number of nitrogen functional groups attached to an aromatic ring is 1. The minimum absolute atomic E-state index is 0.181. The van der Waals surface area contributed by atoms with Crippen molar-refractivity contribution in [2.24, 2.45) is 10.7 Å². The van der Waals surface area contributed by atoms with Gasteiger partial charge in [-0.1, -0.05) is 11.6 Å². The summed E-state index contributed by atoms with van der Waals surface area (Å²) in [5.41, 5.74) is 11.6. The highest BCUT2D eigenvalue weighted by molar-refractivity contribution is 5.95. The van der Waals surface area contributed by atoms with E-state index in [1.54, 1.807) is 23.8 Å². The first-order valence-corrected chi connectivity index (χ1v) is 6.29. The number of rotatable bonds is 1. The number of fused-ring (bicyclic) bond motifs is 1. The van der Waals surface area contributed by atoms with Crippen LogP contribution in [0.4, 0.5) is 15.9 Å². The number of hydrogen-bond donors (Lipinski definition) is 2. The number of imidazole rings is 1. The number of hydrogen-bond acceptors (Lipinski definition) is 4. The molecular weight excluding hydrogens is 271 g/mol. The lowest BCUT2D eigenvalue weighted by Gasteiger charge is -2.30. The molecule has 2 heterocycles. The molecule has 0 bridgehead atoms. The van der Waals surface area contributed by atoms with Crippen LogP contribution >= 0.6 is 0 Å². The Morgan fingerprint density at radius 3 is 2.90 bits per heavy atom. The van der Waals surface area contributed by atoms with E-state index in [0.29, 0.717) is 23.6 Å². The third-order valence-corrected chi connectivity index (χ3v) is 3.52. The van der Waals surface area contributed by atoms with Crippen LogP contribution in [0, 0.1) is 12.4 Å². The summed E-state index contributed by atoms with van der Waals surface area (Å²) in [6.07, 6.45) is 1.59. The van der Waals surface area contributed by atoms with Crippen LogP contribution in [0.2, 0.25) is 0 Å². The number of aliphatic imine (C=N–C) groups is 1. The summed E-state index contributed by atoms with van der Waals surface area (Å²) in [6, 6.07) is 4.37. The smallest absolute Gasteiger partial charge is 0.288 e. The summed E-state index contributed by atoms with van der Waals surface area (Å²) in [4.78, 5) is 11.7. The van der Waals surface area contributed by atoms with Crippen LogP contribution in [-0.2, 0) is 12.1 Å². The third kappa shape index (κ3) is 2.01. The molecule has 0 amide bonds. The molecule has 1 aromatic carbocycles. The van der Waals surface area contributed by atoms with Gasteiger partial charge in [0.2, 0.25) is 0 Å². The van der Waals surface area contributed by atoms with Crippen LogP contribution in [0.25, 0.3) is 4.85 Å². The van der Waals surface area contributed by atoms with Crippen LogP contribution in [0.3, 0.4) is 0 Å². The van der Waals surface area contributed by atoms with Crippen molar-refractivity contribution < 1.29 is 4.39 Å². The van der Waals surface area contributed by atoms with Crippen molar-refractivity contribution in [3.05, 3.63) is 53.0 Å². The van der Waals surface area contributed by atoms with Crippen molar-refractivity contribution in [1.29, 1.82) is 0 Å². The van der Waals surface area contributed by atoms with Crippen LogP contribution in [0.15, 0.2) is 29.4 Å². The quantitative estimate of drug-likeness (QED) is 0.618. The number of anilines is 1. The van der Waals surface area contributed by atoms with Crippen molar-refractivity contribution in [3.63, 3.8) is 0 Å². The van der Waals surface area contributed by atoms with Gasteiger partial charge < -0.3 is 20.9 Å². The Bertz CT molecular complexity index is 800. The number of aromatic nitrogens is 2. The number of benzene rings is 1. The van der Waals surface area contributed by atoms with Crippen LogP contribution in [-0.4, -0.2) is 15.4 Å². The van der Waals surface area contributed by atoms with Crippen LogP contribution in [0.5, 0.6) is 0 Å². The number of nitrogens with two attached hydrogens (primary N) is 2. The van der Waals surface area contributed by atoms with Crippen molar-refractivity contribution in [2.45, 2.75) is 19.0 Å². The van der Waals surface area contributed by atoms with Gasteiger partial charge in [-0.25, -0.2) is 4.39 Å². The van der Waals surface area contributed by atoms with E-state index in [-0.39, 0.29) is 11.7 Å². The first-order chi connectivity index (χ1) is 9.93. The van der Waals surface area contributed by atoms with E-state index >= 15 is 0 Å². The highest BCUT2D eigenvalue weighted by atomic mass is 19.1. The zero-order chi connectivity index (χ0) is 15.2. The van der Waals surface area contributed by atoms with Crippen molar-refractivity contribution >= 4 is 17.3 Å². The molecule has 7 heteroatoms. The summed E-state index contributed by atoms with van der Waals surface area (Å²) >= 11 is 0. The van der Waals surface area contributed by atoms with Gasteiger partial charge in [-0.15, -0.1) is 0 Å². The molecule has 1 aliphatic rings. The van der Waals surface area contributed by atoms with Crippen LogP contribution < -0.4 is 11.5 Å². The second-order valence-corrected chi connectivity index (χ2v) is 5.17. The molecule has 1 aromatic heterocycles. The molecule has 0 spiro atoms. The molecule has 1 unspecified atom stereocenters. The molecule has 0 fully saturated rings. The molecule has 1 aliphatic heterocycles. The van der Waals surface area contributed by atoms with E-state index in [1.165, 1.54) is 12.1 Å². The normalized spacial score (nSPS) is 20.5. The number of amidine groups is 1. The molecule has 0 saturated carbocycles. The first-order valence-electron chi connectivity index (χ1n) is 6.29. The summed E-state index contributed by atoms with van der Waals surface area (Å²) in [5.74, 6) is 0.459. The fraction of sp³-hybridized carbons (Fsp3) is 0.214. The van der Waals surface area contributed by atoms with Gasteiger partial charge in [0.1, 0.15) is 11.4 Å². The number of nitrogens with zero attached hydrogens (tertiary/aromatic N) is 4. The summed E-state index contributed by atoms with van der Waals surface area (Å²) in [5, 5.41) is 0. The molecule has 1 atom stereocenters. The molecule has 3 rings (SSSR count). The van der Waals surface area contributed by atoms with Gasteiger partial charge in [-0.05, 0) is 25.1 Å². The largest absolute Gasteiger partial charge is 0.399 e. The molecule has 0 radical (unpaired) electrons. The molecule has 4 N–H and O–H groups in total. The maximum Gasteiger partial charge on any atom is 0.288 e. The Morgan fingerprint density at radius 2 is 2.19 bits per heavy atom. The highest BCUT2D eigenvalue weighted by Crippen LogP contribution is 2.34. The van der Waals surface area contributed by atoms with E-state index in [0.717, 1.165) is 0 Å². The lowest BCUT2D eigenvalue weighted by Crippen LogP contribution is -2.37. The lowest BCUT2D eigenvalue weighted by molar-refractivity contribution is 0.383. The molecule has 106 valence electrons. The van der Waals surface area contributed by atoms with Gasteiger partial charge in [0.25, 0.3) is 11.6 Å². The fourth-order valence-electron chi connectivity index (χ4n) is 2.56. The molecule has 6 nitrogen and oxygen atoms in total. The molecular formula is C14H13FN6. The average Bonchev–Trinajstić information content (AvgIpc) is 2.84. The molecule has 2 aromatic rings. The molecule has 0 aliphatic carbocycles. The minimum atomic E-state index is -0.892. The standard InChI is InChI=1S/C14H13FN6/c1-14(9-5-8(16)3-4-10(9)15)7-21-6-11(18-2)19-13(21)12(17)20-14/h3-6H,7,16H2,1H3,(H2,17,20). The van der Waals surface area contributed by atoms with E-state index < -0.39 is 11.4 Å². The predicted molar refractivity (Wildman–Crippen MR) is 77.4 cm³/mol. The summed E-state index contributed by atoms with van der Waals surface area (Å²) in [7, 11) is 0. The Hall–Kier alpha value is -2.88. The van der Waals surface area contributed by atoms with Gasteiger partial charge in [0, 0.05) is 17.4 Å². The Labute approximate surface area is 120 Å². The van der Waals surface area contributed by atoms with Gasteiger partial charge in [-0.3, -0.25) is 4.99 Å². The third-order valence-electron chi connectivity index (χ3n) is 3.52. The Morgan fingerprint density at radius 1 is 1.43 bits per heavy atom. The zero-order valence-corrected chi connectivity index (χ0v) is 11.3. The van der Waals surface area contributed by atoms with Gasteiger partial charge in [0.15, 0.2) is 5.84 Å². The van der Waals surface area contributed by atoms with E-state index in [9.17, 15) is 4.39 Å². The maximum absolute atomic E-state index is 14.1.